The molecule has 0 bridgehead atoms. The van der Waals surface area contributed by atoms with Crippen LogP contribution in [0.3, 0.4) is 0 Å². The monoisotopic (exact) mass is 254 g/mol. The molecule has 1 nitrogen and oxygen atoms in total. The Balaban J connectivity index is 2.83. The highest BCUT2D eigenvalue weighted by Gasteiger charge is 2.04. The van der Waals surface area contributed by atoms with Crippen molar-refractivity contribution in [3.05, 3.63) is 23.8 Å². The number of thiol groups is 1. The molecule has 0 aromatic heterocycles. The maximum absolute atomic E-state index is 5.71. The molecule has 0 amide bonds. The number of methoxy groups -OCH3 is 1. The van der Waals surface area contributed by atoms with Crippen LogP contribution in [0.2, 0.25) is 0 Å². The van der Waals surface area contributed by atoms with E-state index in [1.807, 2.05) is 18.2 Å². The van der Waals surface area contributed by atoms with Crippen LogP contribution in [-0.2, 0) is 6.16 Å². The second-order valence-electron chi connectivity index (χ2n) is 2.47. The molecule has 0 aliphatic rings. The minimum absolute atomic E-state index is 0.690. The molecule has 1 aromatic rings. The largest absolute Gasteiger partial charge is 0.496 e. The van der Waals surface area contributed by atoms with Crippen molar-refractivity contribution in [2.75, 3.05) is 7.11 Å². The van der Waals surface area contributed by atoms with Gasteiger partial charge in [0, 0.05) is 11.1 Å². The number of ether oxygens (including phenoxy) is 1. The number of halogens is 2. The first-order chi connectivity index (χ1) is 6.13. The fourth-order valence-electron chi connectivity index (χ4n) is 0.972. The SMILES string of the molecule is COc1ccc(CP(Cl)Cl)cc1S. The van der Waals surface area contributed by atoms with Gasteiger partial charge in [-0.25, -0.2) is 0 Å². The summed E-state index contributed by atoms with van der Waals surface area (Å²) in [7, 11) is 1.62. The zero-order valence-corrected chi connectivity index (χ0v) is 10.3. The molecular weight excluding hydrogens is 246 g/mol. The van der Waals surface area contributed by atoms with Gasteiger partial charge >= 0.3 is 0 Å². The summed E-state index contributed by atoms with van der Waals surface area (Å²) in [5, 5.41) is 0. The van der Waals surface area contributed by atoms with Crippen LogP contribution in [0, 0.1) is 0 Å². The minimum atomic E-state index is -0.933. The van der Waals surface area contributed by atoms with Crippen molar-refractivity contribution >= 4 is 41.7 Å². The van der Waals surface area contributed by atoms with E-state index in [9.17, 15) is 0 Å². The van der Waals surface area contributed by atoms with Gasteiger partial charge in [-0.05, 0) is 17.7 Å². The Morgan fingerprint density at radius 2 is 2.15 bits per heavy atom. The first-order valence-electron chi connectivity index (χ1n) is 3.58. The van der Waals surface area contributed by atoms with E-state index in [1.165, 1.54) is 0 Å². The zero-order chi connectivity index (χ0) is 9.84. The summed E-state index contributed by atoms with van der Waals surface area (Å²) in [4.78, 5) is 0.810. The molecule has 0 atom stereocenters. The van der Waals surface area contributed by atoms with Crippen LogP contribution >= 0.6 is 41.7 Å². The molecule has 0 aliphatic carbocycles. The first-order valence-corrected chi connectivity index (χ1v) is 7.37. The van der Waals surface area contributed by atoms with Crippen molar-refractivity contribution in [2.45, 2.75) is 11.1 Å². The highest BCUT2D eigenvalue weighted by Crippen LogP contribution is 2.50. The average molecular weight is 255 g/mol. The summed E-state index contributed by atoms with van der Waals surface area (Å²) < 4.78 is 5.07. The molecule has 0 N–H and O–H groups in total. The second kappa shape index (κ2) is 5.31. The Morgan fingerprint density at radius 1 is 1.46 bits per heavy atom. The summed E-state index contributed by atoms with van der Waals surface area (Å²) in [6.45, 7) is -0.933. The standard InChI is InChI=1S/C8H9Cl2OPS/c1-11-7-3-2-6(4-8(7)13)5-12(9)10/h2-4,13H,5H2,1H3. The van der Waals surface area contributed by atoms with Crippen molar-refractivity contribution in [1.29, 1.82) is 0 Å². The van der Waals surface area contributed by atoms with E-state index >= 15 is 0 Å². The third kappa shape index (κ3) is 3.55. The molecule has 0 saturated carbocycles. The van der Waals surface area contributed by atoms with Crippen LogP contribution in [0.4, 0.5) is 0 Å². The smallest absolute Gasteiger partial charge is 0.132 e. The van der Waals surface area contributed by atoms with Gasteiger partial charge in [0.2, 0.25) is 0 Å². The fourth-order valence-corrected chi connectivity index (χ4v) is 2.60. The van der Waals surface area contributed by atoms with Crippen LogP contribution in [0.25, 0.3) is 0 Å². The van der Waals surface area contributed by atoms with Gasteiger partial charge in [-0.15, -0.1) is 12.6 Å². The molecule has 0 radical (unpaired) electrons. The van der Waals surface area contributed by atoms with E-state index < -0.39 is 6.63 Å². The summed E-state index contributed by atoms with van der Waals surface area (Å²) in [6, 6.07) is 5.73. The highest BCUT2D eigenvalue weighted by atomic mass is 35.9. The van der Waals surface area contributed by atoms with Gasteiger partial charge in [0.1, 0.15) is 5.75 Å². The number of hydrogen-bond acceptors (Lipinski definition) is 2. The lowest BCUT2D eigenvalue weighted by atomic mass is 10.2. The molecule has 0 saturated heterocycles. The fraction of sp³-hybridized carbons (Fsp3) is 0.250. The average Bonchev–Trinajstić information content (AvgIpc) is 2.03. The molecule has 0 unspecified atom stereocenters. The van der Waals surface area contributed by atoms with Crippen LogP contribution < -0.4 is 4.74 Å². The minimum Gasteiger partial charge on any atom is -0.496 e. The molecule has 1 rings (SSSR count). The molecule has 13 heavy (non-hydrogen) atoms. The van der Waals surface area contributed by atoms with Crippen LogP contribution in [0.5, 0.6) is 5.75 Å². The molecule has 5 heteroatoms. The summed E-state index contributed by atoms with van der Waals surface area (Å²) in [5.41, 5.74) is 1.09. The molecule has 0 heterocycles. The number of rotatable bonds is 3. The van der Waals surface area contributed by atoms with Crippen molar-refractivity contribution in [3.8, 4) is 5.75 Å². The predicted octanol–water partition coefficient (Wildman–Crippen LogP) is 4.27. The van der Waals surface area contributed by atoms with Crippen molar-refractivity contribution < 1.29 is 4.74 Å². The van der Waals surface area contributed by atoms with E-state index in [0.29, 0.717) is 6.16 Å². The Labute approximate surface area is 94.1 Å². The van der Waals surface area contributed by atoms with E-state index in [0.717, 1.165) is 16.2 Å². The predicted molar refractivity (Wildman–Crippen MR) is 62.6 cm³/mol. The van der Waals surface area contributed by atoms with E-state index in [4.69, 9.17) is 27.2 Å². The van der Waals surface area contributed by atoms with Gasteiger partial charge in [0.15, 0.2) is 0 Å². The van der Waals surface area contributed by atoms with Crippen molar-refractivity contribution in [2.24, 2.45) is 0 Å². The van der Waals surface area contributed by atoms with E-state index in [2.05, 4.69) is 12.6 Å². The third-order valence-corrected chi connectivity index (χ3v) is 3.22. The maximum Gasteiger partial charge on any atom is 0.132 e. The summed E-state index contributed by atoms with van der Waals surface area (Å²) in [5.74, 6) is 0.764. The van der Waals surface area contributed by atoms with Gasteiger partial charge in [-0.2, -0.15) is 0 Å². The second-order valence-corrected chi connectivity index (χ2v) is 6.84. The Bertz CT molecular complexity index is 293. The molecule has 0 spiro atoms. The van der Waals surface area contributed by atoms with Crippen molar-refractivity contribution in [1.82, 2.24) is 0 Å². The zero-order valence-electron chi connectivity index (χ0n) is 7.00. The van der Waals surface area contributed by atoms with Gasteiger partial charge in [-0.3, -0.25) is 0 Å². The molecular formula is C8H9Cl2OPS. The van der Waals surface area contributed by atoms with Gasteiger partial charge in [0.25, 0.3) is 0 Å². The van der Waals surface area contributed by atoms with E-state index in [1.54, 1.807) is 7.11 Å². The maximum atomic E-state index is 5.71. The topological polar surface area (TPSA) is 9.23 Å². The third-order valence-electron chi connectivity index (χ3n) is 1.55. The first kappa shape index (κ1) is 11.5. The molecule has 1 aromatic carbocycles. The lowest BCUT2D eigenvalue weighted by Crippen LogP contribution is -1.86. The van der Waals surface area contributed by atoms with Gasteiger partial charge in [0.05, 0.1) is 13.7 Å². The van der Waals surface area contributed by atoms with Crippen LogP contribution in [0.1, 0.15) is 5.56 Å². The summed E-state index contributed by atoms with van der Waals surface area (Å²) in [6.07, 6.45) is 0.690. The Morgan fingerprint density at radius 3 is 2.62 bits per heavy atom. The van der Waals surface area contributed by atoms with Gasteiger partial charge < -0.3 is 4.74 Å². The van der Waals surface area contributed by atoms with Crippen LogP contribution in [0.15, 0.2) is 23.1 Å². The summed E-state index contributed by atoms with van der Waals surface area (Å²) >= 11 is 15.7. The van der Waals surface area contributed by atoms with E-state index in [-0.39, 0.29) is 0 Å². The van der Waals surface area contributed by atoms with Crippen LogP contribution in [-0.4, -0.2) is 7.11 Å². The van der Waals surface area contributed by atoms with Gasteiger partial charge in [-0.1, -0.05) is 28.5 Å². The lowest BCUT2D eigenvalue weighted by Gasteiger charge is -2.06. The quantitative estimate of drug-likeness (QED) is 0.626. The molecule has 0 aliphatic heterocycles. The number of benzene rings is 1. The molecule has 0 fully saturated rings. The Hall–Kier alpha value is 0.380. The molecule has 72 valence electrons. The normalized spacial score (nSPS) is 10.5. The highest BCUT2D eigenvalue weighted by molar-refractivity contribution is 8.03. The number of hydrogen-bond donors (Lipinski definition) is 1. The Kier molecular flexibility index (Phi) is 4.68. The lowest BCUT2D eigenvalue weighted by molar-refractivity contribution is 0.405. The van der Waals surface area contributed by atoms with Crippen molar-refractivity contribution in [3.63, 3.8) is 0 Å².